The van der Waals surface area contributed by atoms with Crippen molar-refractivity contribution in [1.82, 2.24) is 0 Å². The summed E-state index contributed by atoms with van der Waals surface area (Å²) in [6.45, 7) is 8.42. The molecule has 0 aliphatic rings. The van der Waals surface area contributed by atoms with Gasteiger partial charge in [-0.3, -0.25) is 9.69 Å². The van der Waals surface area contributed by atoms with Crippen molar-refractivity contribution in [1.29, 1.82) is 0 Å². The first-order valence-corrected chi connectivity index (χ1v) is 9.24. The van der Waals surface area contributed by atoms with Gasteiger partial charge in [0, 0.05) is 18.4 Å². The van der Waals surface area contributed by atoms with Gasteiger partial charge in [-0.1, -0.05) is 32.9 Å². The molecule has 150 valence electrons. The third-order valence-corrected chi connectivity index (χ3v) is 4.17. The summed E-state index contributed by atoms with van der Waals surface area (Å²) in [6.07, 6.45) is -0.426. The highest BCUT2D eigenvalue weighted by molar-refractivity contribution is 5.92. The molecule has 0 saturated heterocycles. The summed E-state index contributed by atoms with van der Waals surface area (Å²) in [6, 6.07) is 14.7. The van der Waals surface area contributed by atoms with Crippen molar-refractivity contribution >= 4 is 23.4 Å². The van der Waals surface area contributed by atoms with Gasteiger partial charge in [-0.2, -0.15) is 0 Å². The summed E-state index contributed by atoms with van der Waals surface area (Å²) in [5.74, 6) is 0.390. The summed E-state index contributed by atoms with van der Waals surface area (Å²) in [4.78, 5) is 25.2. The van der Waals surface area contributed by atoms with Crippen LogP contribution in [0, 0.1) is 0 Å². The molecule has 0 unspecified atom stereocenters. The van der Waals surface area contributed by atoms with Crippen molar-refractivity contribution in [2.24, 2.45) is 0 Å². The minimum absolute atomic E-state index is 0.0728. The molecule has 0 spiro atoms. The maximum Gasteiger partial charge on any atom is 0.413 e. The van der Waals surface area contributed by atoms with Gasteiger partial charge in [-0.25, -0.2) is 4.79 Å². The predicted molar refractivity (Wildman–Crippen MR) is 111 cm³/mol. The van der Waals surface area contributed by atoms with Crippen LogP contribution in [0.1, 0.15) is 33.3 Å². The first kappa shape index (κ1) is 21.3. The third-order valence-electron chi connectivity index (χ3n) is 4.17. The zero-order chi connectivity index (χ0) is 20.7. The number of amides is 2. The lowest BCUT2D eigenvalue weighted by Crippen LogP contribution is -2.27. The van der Waals surface area contributed by atoms with Crippen LogP contribution in [0.5, 0.6) is 5.75 Å². The van der Waals surface area contributed by atoms with Crippen molar-refractivity contribution in [2.75, 3.05) is 30.5 Å². The molecule has 0 bridgehead atoms. The number of rotatable bonds is 6. The Bertz CT molecular complexity index is 793. The van der Waals surface area contributed by atoms with Crippen LogP contribution in [0.2, 0.25) is 0 Å². The Morgan fingerprint density at radius 2 is 1.61 bits per heavy atom. The SMILES string of the molecule is CCOC(=O)N(C)c1ccc(NC(=O)COc2ccc(C(C)(C)C)cc2)cc1. The molecule has 6 heteroatoms. The number of hydrogen-bond donors (Lipinski definition) is 1. The minimum Gasteiger partial charge on any atom is -0.484 e. The van der Waals surface area contributed by atoms with E-state index in [0.29, 0.717) is 23.7 Å². The molecule has 0 saturated carbocycles. The molecule has 2 aromatic rings. The molecule has 2 aromatic carbocycles. The van der Waals surface area contributed by atoms with Gasteiger partial charge in [0.25, 0.3) is 5.91 Å². The maximum absolute atomic E-state index is 12.1. The van der Waals surface area contributed by atoms with E-state index in [1.807, 2.05) is 24.3 Å². The van der Waals surface area contributed by atoms with E-state index in [4.69, 9.17) is 9.47 Å². The smallest absolute Gasteiger partial charge is 0.413 e. The Balaban J connectivity index is 1.87. The van der Waals surface area contributed by atoms with Crippen LogP contribution in [0.15, 0.2) is 48.5 Å². The van der Waals surface area contributed by atoms with Gasteiger partial charge >= 0.3 is 6.09 Å². The van der Waals surface area contributed by atoms with Crippen LogP contribution in [-0.4, -0.2) is 32.3 Å². The van der Waals surface area contributed by atoms with Gasteiger partial charge in [-0.15, -0.1) is 0 Å². The van der Waals surface area contributed by atoms with Gasteiger partial charge < -0.3 is 14.8 Å². The van der Waals surface area contributed by atoms with Crippen LogP contribution in [0.3, 0.4) is 0 Å². The third kappa shape index (κ3) is 6.01. The number of benzene rings is 2. The highest BCUT2D eigenvalue weighted by Crippen LogP contribution is 2.24. The quantitative estimate of drug-likeness (QED) is 0.791. The van der Waals surface area contributed by atoms with E-state index in [2.05, 4.69) is 26.1 Å². The molecule has 0 aliphatic heterocycles. The lowest BCUT2D eigenvalue weighted by atomic mass is 9.87. The van der Waals surface area contributed by atoms with Gasteiger partial charge in [-0.05, 0) is 54.3 Å². The number of ether oxygens (including phenoxy) is 2. The molecule has 0 atom stereocenters. The molecule has 1 N–H and O–H groups in total. The topological polar surface area (TPSA) is 67.9 Å². The Morgan fingerprint density at radius 3 is 2.14 bits per heavy atom. The summed E-state index contributed by atoms with van der Waals surface area (Å²) >= 11 is 0. The van der Waals surface area contributed by atoms with E-state index in [9.17, 15) is 9.59 Å². The molecule has 2 amide bonds. The summed E-state index contributed by atoms with van der Waals surface area (Å²) in [5, 5.41) is 2.77. The van der Waals surface area contributed by atoms with E-state index < -0.39 is 6.09 Å². The molecule has 0 fully saturated rings. The molecule has 0 aliphatic carbocycles. The first-order valence-electron chi connectivity index (χ1n) is 9.24. The summed E-state index contributed by atoms with van der Waals surface area (Å²) in [5.41, 5.74) is 2.57. The van der Waals surface area contributed by atoms with E-state index in [1.165, 1.54) is 10.5 Å². The fourth-order valence-electron chi connectivity index (χ4n) is 2.49. The Hall–Kier alpha value is -3.02. The Labute approximate surface area is 166 Å². The predicted octanol–water partition coefficient (Wildman–Crippen LogP) is 4.59. The van der Waals surface area contributed by atoms with Crippen molar-refractivity contribution in [3.05, 3.63) is 54.1 Å². The highest BCUT2D eigenvalue weighted by atomic mass is 16.6. The largest absolute Gasteiger partial charge is 0.484 e. The average Bonchev–Trinajstić information content (AvgIpc) is 2.66. The standard InChI is InChI=1S/C22H28N2O4/c1-6-27-21(26)24(5)18-11-9-17(10-12-18)23-20(25)15-28-19-13-7-16(8-14-19)22(2,3)4/h7-14H,6,15H2,1-5H3,(H,23,25). The van der Waals surface area contributed by atoms with E-state index >= 15 is 0 Å². The Morgan fingerprint density at radius 1 is 1.00 bits per heavy atom. The highest BCUT2D eigenvalue weighted by Gasteiger charge is 2.14. The second-order valence-corrected chi connectivity index (χ2v) is 7.42. The van der Waals surface area contributed by atoms with Crippen molar-refractivity contribution in [2.45, 2.75) is 33.1 Å². The van der Waals surface area contributed by atoms with E-state index in [0.717, 1.165) is 0 Å². The maximum atomic E-state index is 12.1. The van der Waals surface area contributed by atoms with Crippen LogP contribution in [0.4, 0.5) is 16.2 Å². The van der Waals surface area contributed by atoms with Crippen molar-refractivity contribution in [3.63, 3.8) is 0 Å². The summed E-state index contributed by atoms with van der Waals surface area (Å²) < 4.78 is 10.5. The van der Waals surface area contributed by atoms with E-state index in [-0.39, 0.29) is 17.9 Å². The molecule has 28 heavy (non-hydrogen) atoms. The first-order chi connectivity index (χ1) is 13.2. The Kier molecular flexibility index (Phi) is 7.04. The zero-order valence-corrected chi connectivity index (χ0v) is 17.1. The number of carbonyl (C=O) groups excluding carboxylic acids is 2. The molecular formula is C22H28N2O4. The lowest BCUT2D eigenvalue weighted by molar-refractivity contribution is -0.118. The lowest BCUT2D eigenvalue weighted by Gasteiger charge is -2.19. The fourth-order valence-corrected chi connectivity index (χ4v) is 2.49. The van der Waals surface area contributed by atoms with Crippen LogP contribution >= 0.6 is 0 Å². The number of nitrogens with one attached hydrogen (secondary N) is 1. The normalized spacial score (nSPS) is 10.9. The second kappa shape index (κ2) is 9.26. The summed E-state index contributed by atoms with van der Waals surface area (Å²) in [7, 11) is 1.63. The number of hydrogen-bond acceptors (Lipinski definition) is 4. The molecule has 0 radical (unpaired) electrons. The van der Waals surface area contributed by atoms with Crippen LogP contribution < -0.4 is 15.0 Å². The number of anilines is 2. The number of carbonyl (C=O) groups is 2. The molecule has 0 aromatic heterocycles. The van der Waals surface area contributed by atoms with Crippen LogP contribution in [0.25, 0.3) is 0 Å². The van der Waals surface area contributed by atoms with Gasteiger partial charge in [0.15, 0.2) is 6.61 Å². The number of nitrogens with zero attached hydrogens (tertiary/aromatic N) is 1. The molecule has 2 rings (SSSR count). The van der Waals surface area contributed by atoms with Gasteiger partial charge in [0.2, 0.25) is 0 Å². The van der Waals surface area contributed by atoms with Crippen molar-refractivity contribution in [3.8, 4) is 5.75 Å². The molecule has 0 heterocycles. The van der Waals surface area contributed by atoms with E-state index in [1.54, 1.807) is 38.2 Å². The van der Waals surface area contributed by atoms with Crippen molar-refractivity contribution < 1.29 is 19.1 Å². The molecule has 6 nitrogen and oxygen atoms in total. The molecular weight excluding hydrogens is 356 g/mol. The van der Waals surface area contributed by atoms with Gasteiger partial charge in [0.1, 0.15) is 5.75 Å². The van der Waals surface area contributed by atoms with Crippen LogP contribution in [-0.2, 0) is 14.9 Å². The second-order valence-electron chi connectivity index (χ2n) is 7.42. The average molecular weight is 384 g/mol. The zero-order valence-electron chi connectivity index (χ0n) is 17.1. The minimum atomic E-state index is -0.426. The monoisotopic (exact) mass is 384 g/mol. The fraction of sp³-hybridized carbons (Fsp3) is 0.364. The van der Waals surface area contributed by atoms with Gasteiger partial charge in [0.05, 0.1) is 6.61 Å².